The molecule has 0 aliphatic carbocycles. The average Bonchev–Trinajstić information content (AvgIpc) is 2.28. The summed E-state index contributed by atoms with van der Waals surface area (Å²) in [5, 5.41) is 6.95. The van der Waals surface area contributed by atoms with Crippen molar-refractivity contribution in [1.82, 2.24) is 15.6 Å². The van der Waals surface area contributed by atoms with Crippen LogP contribution in [0.15, 0.2) is 22.9 Å². The Labute approximate surface area is 111 Å². The SMILES string of the molecule is Brc1cc(CN[C@@H]2CCCNC2)ccn1.Cl. The van der Waals surface area contributed by atoms with Gasteiger partial charge in [-0.15, -0.1) is 12.4 Å². The number of nitrogens with zero attached hydrogens (tertiary/aromatic N) is 1. The molecule has 1 aliphatic rings. The van der Waals surface area contributed by atoms with E-state index in [1.807, 2.05) is 12.3 Å². The Morgan fingerprint density at radius 3 is 3.12 bits per heavy atom. The van der Waals surface area contributed by atoms with Crippen LogP contribution < -0.4 is 10.6 Å². The van der Waals surface area contributed by atoms with Gasteiger partial charge < -0.3 is 10.6 Å². The number of pyridine rings is 1. The van der Waals surface area contributed by atoms with Gasteiger partial charge in [0.05, 0.1) is 0 Å². The number of piperidine rings is 1. The molecule has 0 bridgehead atoms. The second-order valence-electron chi connectivity index (χ2n) is 3.91. The first-order chi connectivity index (χ1) is 7.34. The molecule has 0 saturated carbocycles. The summed E-state index contributed by atoms with van der Waals surface area (Å²) in [6.45, 7) is 3.18. The minimum absolute atomic E-state index is 0. The Hall–Kier alpha value is -0.160. The van der Waals surface area contributed by atoms with Crippen molar-refractivity contribution < 1.29 is 0 Å². The van der Waals surface area contributed by atoms with E-state index in [2.05, 4.69) is 37.6 Å². The standard InChI is InChI=1S/C11H16BrN3.ClH/c12-11-6-9(3-5-14-11)7-15-10-2-1-4-13-8-10;/h3,5-6,10,13,15H,1-2,4,7-8H2;1H/t10-;/m1./s1. The second-order valence-corrected chi connectivity index (χ2v) is 4.72. The monoisotopic (exact) mass is 305 g/mol. The molecule has 2 N–H and O–H groups in total. The molecule has 1 aliphatic heterocycles. The van der Waals surface area contributed by atoms with Gasteiger partial charge in [0, 0.05) is 25.3 Å². The lowest BCUT2D eigenvalue weighted by molar-refractivity contribution is 0.389. The predicted molar refractivity (Wildman–Crippen MR) is 71.9 cm³/mol. The van der Waals surface area contributed by atoms with E-state index >= 15 is 0 Å². The van der Waals surface area contributed by atoms with Crippen molar-refractivity contribution >= 4 is 28.3 Å². The van der Waals surface area contributed by atoms with Gasteiger partial charge in [0.1, 0.15) is 4.60 Å². The molecule has 0 aromatic carbocycles. The van der Waals surface area contributed by atoms with E-state index in [9.17, 15) is 0 Å². The molecule has 0 radical (unpaired) electrons. The lowest BCUT2D eigenvalue weighted by atomic mass is 10.1. The third kappa shape index (κ3) is 4.37. The van der Waals surface area contributed by atoms with Gasteiger partial charge in [-0.2, -0.15) is 0 Å². The van der Waals surface area contributed by atoms with Gasteiger partial charge in [-0.1, -0.05) is 0 Å². The first-order valence-corrected chi connectivity index (χ1v) is 6.18. The zero-order valence-corrected chi connectivity index (χ0v) is 11.5. The van der Waals surface area contributed by atoms with E-state index in [1.54, 1.807) is 0 Å². The van der Waals surface area contributed by atoms with E-state index in [-0.39, 0.29) is 12.4 Å². The quantitative estimate of drug-likeness (QED) is 0.840. The predicted octanol–water partition coefficient (Wildman–Crippen LogP) is 2.11. The Morgan fingerprint density at radius 1 is 1.56 bits per heavy atom. The molecule has 1 aromatic rings. The molecule has 0 unspecified atom stereocenters. The summed E-state index contributed by atoms with van der Waals surface area (Å²) >= 11 is 3.38. The van der Waals surface area contributed by atoms with Crippen molar-refractivity contribution in [2.24, 2.45) is 0 Å². The Balaban J connectivity index is 0.00000128. The van der Waals surface area contributed by atoms with E-state index in [1.165, 1.54) is 24.9 Å². The molecule has 2 heterocycles. The molecule has 0 spiro atoms. The summed E-state index contributed by atoms with van der Waals surface area (Å²) in [6, 6.07) is 4.72. The molecule has 1 aromatic heterocycles. The van der Waals surface area contributed by atoms with Gasteiger partial charge in [-0.05, 0) is 53.0 Å². The summed E-state index contributed by atoms with van der Waals surface area (Å²) in [4.78, 5) is 4.11. The first-order valence-electron chi connectivity index (χ1n) is 5.39. The number of rotatable bonds is 3. The van der Waals surface area contributed by atoms with Crippen LogP contribution in [0.5, 0.6) is 0 Å². The van der Waals surface area contributed by atoms with Crippen LogP contribution >= 0.6 is 28.3 Å². The van der Waals surface area contributed by atoms with Gasteiger partial charge in [0.2, 0.25) is 0 Å². The highest BCUT2D eigenvalue weighted by atomic mass is 79.9. The maximum atomic E-state index is 4.11. The van der Waals surface area contributed by atoms with Crippen molar-refractivity contribution in [3.63, 3.8) is 0 Å². The van der Waals surface area contributed by atoms with Crippen LogP contribution in [0.4, 0.5) is 0 Å². The Kier molecular flexibility index (Phi) is 6.28. The third-order valence-corrected chi connectivity index (χ3v) is 3.12. The van der Waals surface area contributed by atoms with E-state index in [4.69, 9.17) is 0 Å². The Morgan fingerprint density at radius 2 is 2.44 bits per heavy atom. The van der Waals surface area contributed by atoms with Gasteiger partial charge in [0.25, 0.3) is 0 Å². The summed E-state index contributed by atoms with van der Waals surface area (Å²) < 4.78 is 0.906. The molecule has 2 rings (SSSR count). The van der Waals surface area contributed by atoms with Crippen LogP contribution in [0.25, 0.3) is 0 Å². The number of hydrogen-bond acceptors (Lipinski definition) is 3. The van der Waals surface area contributed by atoms with Gasteiger partial charge in [-0.25, -0.2) is 4.98 Å². The van der Waals surface area contributed by atoms with Crippen LogP contribution in [0.2, 0.25) is 0 Å². The summed E-state index contributed by atoms with van der Waals surface area (Å²) in [6.07, 6.45) is 4.39. The minimum Gasteiger partial charge on any atom is -0.315 e. The smallest absolute Gasteiger partial charge is 0.106 e. The van der Waals surface area contributed by atoms with Crippen LogP contribution in [-0.4, -0.2) is 24.1 Å². The first kappa shape index (κ1) is 13.9. The van der Waals surface area contributed by atoms with E-state index in [0.29, 0.717) is 6.04 Å². The minimum atomic E-state index is 0. The molecule has 90 valence electrons. The highest BCUT2D eigenvalue weighted by molar-refractivity contribution is 9.10. The number of halogens is 2. The van der Waals surface area contributed by atoms with E-state index in [0.717, 1.165) is 17.7 Å². The van der Waals surface area contributed by atoms with Crippen molar-refractivity contribution in [3.05, 3.63) is 28.5 Å². The summed E-state index contributed by atoms with van der Waals surface area (Å²) in [5.74, 6) is 0. The summed E-state index contributed by atoms with van der Waals surface area (Å²) in [5.41, 5.74) is 1.28. The molecule has 3 nitrogen and oxygen atoms in total. The summed E-state index contributed by atoms with van der Waals surface area (Å²) in [7, 11) is 0. The van der Waals surface area contributed by atoms with Crippen molar-refractivity contribution in [3.8, 4) is 0 Å². The Bertz CT molecular complexity index is 316. The fourth-order valence-electron chi connectivity index (χ4n) is 1.84. The number of hydrogen-bond donors (Lipinski definition) is 2. The maximum absolute atomic E-state index is 4.11. The molecule has 16 heavy (non-hydrogen) atoms. The normalized spacial score (nSPS) is 20.2. The van der Waals surface area contributed by atoms with Crippen molar-refractivity contribution in [2.75, 3.05) is 13.1 Å². The number of aromatic nitrogens is 1. The molecule has 1 saturated heterocycles. The molecular weight excluding hydrogens is 289 g/mol. The van der Waals surface area contributed by atoms with Crippen LogP contribution in [0.1, 0.15) is 18.4 Å². The van der Waals surface area contributed by atoms with Crippen molar-refractivity contribution in [2.45, 2.75) is 25.4 Å². The lowest BCUT2D eigenvalue weighted by Gasteiger charge is -2.23. The molecule has 1 atom stereocenters. The highest BCUT2D eigenvalue weighted by Gasteiger charge is 2.11. The van der Waals surface area contributed by atoms with Crippen LogP contribution in [0, 0.1) is 0 Å². The van der Waals surface area contributed by atoms with Gasteiger partial charge in [0.15, 0.2) is 0 Å². The van der Waals surface area contributed by atoms with Crippen molar-refractivity contribution in [1.29, 1.82) is 0 Å². The highest BCUT2D eigenvalue weighted by Crippen LogP contribution is 2.09. The topological polar surface area (TPSA) is 37.0 Å². The number of nitrogens with one attached hydrogen (secondary N) is 2. The van der Waals surface area contributed by atoms with Gasteiger partial charge in [-0.3, -0.25) is 0 Å². The molecular formula is C11H17BrClN3. The second kappa shape index (κ2) is 7.22. The van der Waals surface area contributed by atoms with Crippen LogP contribution in [0.3, 0.4) is 0 Å². The zero-order valence-electron chi connectivity index (χ0n) is 9.08. The van der Waals surface area contributed by atoms with Crippen LogP contribution in [-0.2, 0) is 6.54 Å². The largest absolute Gasteiger partial charge is 0.315 e. The fraction of sp³-hybridized carbons (Fsp3) is 0.545. The fourth-order valence-corrected chi connectivity index (χ4v) is 2.25. The lowest BCUT2D eigenvalue weighted by Crippen LogP contribution is -2.42. The van der Waals surface area contributed by atoms with Gasteiger partial charge >= 0.3 is 0 Å². The maximum Gasteiger partial charge on any atom is 0.106 e. The van der Waals surface area contributed by atoms with E-state index < -0.39 is 0 Å². The average molecular weight is 307 g/mol. The molecule has 5 heteroatoms. The molecule has 1 fully saturated rings. The molecule has 0 amide bonds. The zero-order chi connectivity index (χ0) is 10.5. The third-order valence-electron chi connectivity index (χ3n) is 2.68.